The van der Waals surface area contributed by atoms with E-state index in [1.54, 1.807) is 12.3 Å². The topological polar surface area (TPSA) is 73.0 Å². The van der Waals surface area contributed by atoms with Crippen LogP contribution >= 0.6 is 0 Å². The van der Waals surface area contributed by atoms with Crippen LogP contribution < -0.4 is 5.32 Å². The largest absolute Gasteiger partial charge is 0.439 e. The van der Waals surface area contributed by atoms with Crippen molar-refractivity contribution in [3.63, 3.8) is 0 Å². The molecule has 2 aromatic carbocycles. The number of hydrogen-bond acceptors (Lipinski definition) is 4. The van der Waals surface area contributed by atoms with Crippen molar-refractivity contribution >= 4 is 12.0 Å². The van der Waals surface area contributed by atoms with Gasteiger partial charge >= 0.3 is 0 Å². The highest BCUT2D eigenvalue weighted by Gasteiger charge is 2.11. The van der Waals surface area contributed by atoms with Gasteiger partial charge in [-0.15, -0.1) is 0 Å². The van der Waals surface area contributed by atoms with Crippen LogP contribution in [-0.4, -0.2) is 20.7 Å². The Morgan fingerprint density at radius 2 is 1.77 bits per heavy atom. The molecule has 0 unspecified atom stereocenters. The van der Waals surface area contributed by atoms with Crippen LogP contribution in [0.5, 0.6) is 0 Å². The van der Waals surface area contributed by atoms with E-state index in [1.165, 1.54) is 6.08 Å². The van der Waals surface area contributed by atoms with E-state index in [0.29, 0.717) is 11.7 Å². The van der Waals surface area contributed by atoms with Crippen LogP contribution in [0.25, 0.3) is 23.1 Å². The third-order valence-electron chi connectivity index (χ3n) is 4.78. The average Bonchev–Trinajstić information content (AvgIpc) is 3.37. The highest BCUT2D eigenvalue weighted by Crippen LogP contribution is 2.20. The lowest BCUT2D eigenvalue weighted by molar-refractivity contribution is -0.116. The molecule has 1 amide bonds. The molecule has 0 radical (unpaired) electrons. The first kappa shape index (κ1) is 19.4. The number of nitrogens with zero attached hydrogens (tertiary/aromatic N) is 3. The number of para-hydroxylation sites is 1. The van der Waals surface area contributed by atoms with Crippen LogP contribution in [0, 0.1) is 13.8 Å². The summed E-state index contributed by atoms with van der Waals surface area (Å²) in [6, 6.07) is 19.6. The Morgan fingerprint density at radius 1 is 1.07 bits per heavy atom. The Kier molecular flexibility index (Phi) is 5.57. The summed E-state index contributed by atoms with van der Waals surface area (Å²) in [7, 11) is 0. The standard InChI is InChI=1S/C24H22N4O2/c1-17-21(18(2)28(27-17)20-11-7-4-8-12-20)13-14-23(29)25-16-24-26-15-22(30-24)19-9-5-3-6-10-19/h3-15H,16H2,1-2H3,(H,25,29). The van der Waals surface area contributed by atoms with Gasteiger partial charge in [0.15, 0.2) is 5.76 Å². The zero-order valence-electron chi connectivity index (χ0n) is 16.9. The van der Waals surface area contributed by atoms with Gasteiger partial charge in [-0.05, 0) is 32.1 Å². The van der Waals surface area contributed by atoms with Crippen molar-refractivity contribution in [1.29, 1.82) is 0 Å². The fraction of sp³-hybridized carbons (Fsp3) is 0.125. The van der Waals surface area contributed by atoms with E-state index >= 15 is 0 Å². The van der Waals surface area contributed by atoms with Gasteiger partial charge in [-0.2, -0.15) is 5.10 Å². The Hall–Kier alpha value is -3.93. The van der Waals surface area contributed by atoms with Crippen molar-refractivity contribution in [1.82, 2.24) is 20.1 Å². The third-order valence-corrected chi connectivity index (χ3v) is 4.78. The summed E-state index contributed by atoms with van der Waals surface area (Å²) >= 11 is 0. The van der Waals surface area contributed by atoms with Gasteiger partial charge in [-0.1, -0.05) is 48.5 Å². The first-order valence-electron chi connectivity index (χ1n) is 9.69. The number of carbonyl (C=O) groups is 1. The van der Waals surface area contributed by atoms with Crippen LogP contribution in [0.3, 0.4) is 0 Å². The fourth-order valence-electron chi connectivity index (χ4n) is 3.23. The van der Waals surface area contributed by atoms with Gasteiger partial charge in [-0.3, -0.25) is 4.79 Å². The van der Waals surface area contributed by atoms with E-state index in [9.17, 15) is 4.79 Å². The van der Waals surface area contributed by atoms with Crippen LogP contribution in [-0.2, 0) is 11.3 Å². The molecule has 0 aliphatic rings. The molecule has 2 heterocycles. The Morgan fingerprint density at radius 3 is 2.50 bits per heavy atom. The van der Waals surface area contributed by atoms with E-state index in [1.807, 2.05) is 79.2 Å². The minimum Gasteiger partial charge on any atom is -0.439 e. The lowest BCUT2D eigenvalue weighted by Gasteiger charge is -2.03. The maximum absolute atomic E-state index is 12.3. The fourth-order valence-corrected chi connectivity index (χ4v) is 3.23. The lowest BCUT2D eigenvalue weighted by atomic mass is 10.2. The van der Waals surface area contributed by atoms with Gasteiger partial charge in [0.1, 0.15) is 0 Å². The molecule has 0 aliphatic carbocycles. The molecule has 6 nitrogen and oxygen atoms in total. The maximum Gasteiger partial charge on any atom is 0.244 e. The lowest BCUT2D eigenvalue weighted by Crippen LogP contribution is -2.20. The molecule has 150 valence electrons. The van der Waals surface area contributed by atoms with Crippen molar-refractivity contribution in [2.45, 2.75) is 20.4 Å². The minimum atomic E-state index is -0.222. The number of benzene rings is 2. The molecule has 0 saturated carbocycles. The highest BCUT2D eigenvalue weighted by molar-refractivity contribution is 5.91. The van der Waals surface area contributed by atoms with Crippen molar-refractivity contribution in [2.24, 2.45) is 0 Å². The molecule has 0 bridgehead atoms. The normalized spacial score (nSPS) is 11.1. The summed E-state index contributed by atoms with van der Waals surface area (Å²) in [6.07, 6.45) is 4.96. The number of amides is 1. The van der Waals surface area contributed by atoms with Gasteiger partial charge in [0, 0.05) is 22.9 Å². The quantitative estimate of drug-likeness (QED) is 0.486. The van der Waals surface area contributed by atoms with Crippen LogP contribution in [0.1, 0.15) is 22.8 Å². The smallest absolute Gasteiger partial charge is 0.244 e. The number of aromatic nitrogens is 3. The number of nitrogens with one attached hydrogen (secondary N) is 1. The van der Waals surface area contributed by atoms with Gasteiger partial charge in [0.25, 0.3) is 0 Å². The first-order valence-corrected chi connectivity index (χ1v) is 9.69. The summed E-state index contributed by atoms with van der Waals surface area (Å²) < 4.78 is 7.59. The predicted molar refractivity (Wildman–Crippen MR) is 116 cm³/mol. The third kappa shape index (κ3) is 4.22. The van der Waals surface area contributed by atoms with Crippen LogP contribution in [0.4, 0.5) is 0 Å². The first-order chi connectivity index (χ1) is 14.6. The summed E-state index contributed by atoms with van der Waals surface area (Å²) in [5.74, 6) is 0.913. The zero-order valence-corrected chi connectivity index (χ0v) is 16.9. The molecule has 0 fully saturated rings. The van der Waals surface area contributed by atoms with Crippen molar-refractivity contribution in [2.75, 3.05) is 0 Å². The number of aryl methyl sites for hydroxylation is 1. The summed E-state index contributed by atoms with van der Waals surface area (Å²) in [6.45, 7) is 4.14. The van der Waals surface area contributed by atoms with E-state index in [4.69, 9.17) is 4.42 Å². The predicted octanol–water partition coefficient (Wildman–Crippen LogP) is 4.47. The summed E-state index contributed by atoms with van der Waals surface area (Å²) in [5.41, 5.74) is 4.70. The van der Waals surface area contributed by atoms with E-state index in [0.717, 1.165) is 28.2 Å². The number of oxazole rings is 1. The second-order valence-electron chi connectivity index (χ2n) is 6.87. The van der Waals surface area contributed by atoms with Gasteiger partial charge < -0.3 is 9.73 Å². The maximum atomic E-state index is 12.3. The van der Waals surface area contributed by atoms with Gasteiger partial charge in [-0.25, -0.2) is 9.67 Å². The molecule has 0 spiro atoms. The zero-order chi connectivity index (χ0) is 20.9. The highest BCUT2D eigenvalue weighted by atomic mass is 16.4. The second kappa shape index (κ2) is 8.61. The molecule has 30 heavy (non-hydrogen) atoms. The van der Waals surface area contributed by atoms with Crippen molar-refractivity contribution in [3.8, 4) is 17.0 Å². The Balaban J connectivity index is 1.40. The van der Waals surface area contributed by atoms with Crippen LogP contribution in [0.15, 0.2) is 77.4 Å². The number of carbonyl (C=O) groups excluding carboxylic acids is 1. The van der Waals surface area contributed by atoms with Crippen molar-refractivity contribution in [3.05, 3.63) is 95.8 Å². The van der Waals surface area contributed by atoms with E-state index < -0.39 is 0 Å². The monoisotopic (exact) mass is 398 g/mol. The summed E-state index contributed by atoms with van der Waals surface area (Å²) in [5, 5.41) is 7.39. The number of hydrogen-bond donors (Lipinski definition) is 1. The van der Waals surface area contributed by atoms with Crippen LogP contribution in [0.2, 0.25) is 0 Å². The average molecular weight is 398 g/mol. The Bertz CT molecular complexity index is 1170. The molecule has 4 rings (SSSR count). The molecule has 0 atom stereocenters. The van der Waals surface area contributed by atoms with E-state index in [2.05, 4.69) is 15.4 Å². The molecule has 0 saturated heterocycles. The Labute approximate surface area is 174 Å². The van der Waals surface area contributed by atoms with Crippen molar-refractivity contribution < 1.29 is 9.21 Å². The molecular weight excluding hydrogens is 376 g/mol. The molecule has 4 aromatic rings. The molecule has 2 aromatic heterocycles. The minimum absolute atomic E-state index is 0.219. The second-order valence-corrected chi connectivity index (χ2v) is 6.87. The van der Waals surface area contributed by atoms with Gasteiger partial charge in [0.05, 0.1) is 24.1 Å². The van der Waals surface area contributed by atoms with E-state index in [-0.39, 0.29) is 12.5 Å². The molecule has 0 aliphatic heterocycles. The molecule has 1 N–H and O–H groups in total. The molecule has 6 heteroatoms. The van der Waals surface area contributed by atoms with Gasteiger partial charge in [0.2, 0.25) is 11.8 Å². The SMILES string of the molecule is Cc1nn(-c2ccccc2)c(C)c1C=CC(=O)NCc1ncc(-c2ccccc2)o1. The summed E-state index contributed by atoms with van der Waals surface area (Å²) in [4.78, 5) is 16.5. The number of rotatable bonds is 6. The molecular formula is C24H22N4O2.